The topological polar surface area (TPSA) is 82.5 Å². The number of carbonyl (C=O) groups is 2. The molecule has 0 aromatic carbocycles. The molecule has 1 heterocycles. The minimum atomic E-state index is -0.874. The summed E-state index contributed by atoms with van der Waals surface area (Å²) in [4.78, 5) is 29.5. The number of carboxylic acids is 1. The van der Waals surface area contributed by atoms with Crippen LogP contribution in [0.4, 0.5) is 5.82 Å². The molecule has 1 saturated carbocycles. The zero-order chi connectivity index (χ0) is 15.5. The fraction of sp³-hybridized carbons (Fsp3) is 0.533. The first-order chi connectivity index (χ1) is 9.92. The molecule has 0 saturated heterocycles. The monoisotopic (exact) mass is 291 g/mol. The molecule has 21 heavy (non-hydrogen) atoms. The first-order valence-electron chi connectivity index (χ1n) is 7.10. The molecule has 0 atom stereocenters. The van der Waals surface area contributed by atoms with E-state index >= 15 is 0 Å². The van der Waals surface area contributed by atoms with Crippen molar-refractivity contribution in [2.45, 2.75) is 37.6 Å². The summed E-state index contributed by atoms with van der Waals surface area (Å²) in [6.07, 6.45) is 4.90. The van der Waals surface area contributed by atoms with Gasteiger partial charge in [-0.1, -0.05) is 12.8 Å². The van der Waals surface area contributed by atoms with E-state index < -0.39 is 11.5 Å². The Morgan fingerprint density at radius 1 is 1.38 bits per heavy atom. The van der Waals surface area contributed by atoms with Gasteiger partial charge in [-0.05, 0) is 25.0 Å². The number of carbonyl (C=O) groups excluding carboxylic acids is 1. The minimum absolute atomic E-state index is 0.0235. The molecule has 0 spiro atoms. The minimum Gasteiger partial charge on any atom is -0.481 e. The molecule has 0 radical (unpaired) electrons. The smallest absolute Gasteiger partial charge is 0.305 e. The van der Waals surface area contributed by atoms with Crippen LogP contribution in [0.5, 0.6) is 0 Å². The van der Waals surface area contributed by atoms with E-state index in [1.807, 2.05) is 19.0 Å². The van der Waals surface area contributed by atoms with Crippen molar-refractivity contribution in [1.82, 2.24) is 10.3 Å². The fourth-order valence-corrected chi connectivity index (χ4v) is 2.80. The third-order valence-electron chi connectivity index (χ3n) is 3.89. The average molecular weight is 291 g/mol. The van der Waals surface area contributed by atoms with Gasteiger partial charge in [0, 0.05) is 25.9 Å². The number of rotatable bonds is 5. The van der Waals surface area contributed by atoms with Crippen LogP contribution in [0.25, 0.3) is 0 Å². The normalized spacial score (nSPS) is 16.5. The Bertz CT molecular complexity index is 537. The van der Waals surface area contributed by atoms with Crippen LogP contribution in [0.1, 0.15) is 42.5 Å². The first kappa shape index (κ1) is 15.3. The number of anilines is 1. The van der Waals surface area contributed by atoms with Crippen LogP contribution >= 0.6 is 0 Å². The molecule has 1 aromatic heterocycles. The number of aromatic nitrogens is 1. The maximum absolute atomic E-state index is 12.4. The van der Waals surface area contributed by atoms with E-state index in [1.54, 1.807) is 18.3 Å². The fourth-order valence-electron chi connectivity index (χ4n) is 2.80. The van der Waals surface area contributed by atoms with E-state index in [4.69, 9.17) is 5.11 Å². The first-order valence-corrected chi connectivity index (χ1v) is 7.10. The average Bonchev–Trinajstić information content (AvgIpc) is 2.86. The summed E-state index contributed by atoms with van der Waals surface area (Å²) in [5, 5.41) is 12.0. The summed E-state index contributed by atoms with van der Waals surface area (Å²) < 4.78 is 0. The van der Waals surface area contributed by atoms with Crippen LogP contribution < -0.4 is 10.2 Å². The molecule has 1 aromatic rings. The summed E-state index contributed by atoms with van der Waals surface area (Å²) in [5.74, 6) is -0.411. The lowest BCUT2D eigenvalue weighted by molar-refractivity contribution is -0.138. The third-order valence-corrected chi connectivity index (χ3v) is 3.89. The number of hydrogen-bond donors (Lipinski definition) is 2. The Morgan fingerprint density at radius 2 is 2.05 bits per heavy atom. The van der Waals surface area contributed by atoms with E-state index in [9.17, 15) is 9.59 Å². The van der Waals surface area contributed by atoms with Gasteiger partial charge in [0.25, 0.3) is 5.91 Å². The van der Waals surface area contributed by atoms with Gasteiger partial charge in [-0.25, -0.2) is 4.98 Å². The van der Waals surface area contributed by atoms with Crippen LogP contribution in [0.15, 0.2) is 18.3 Å². The zero-order valence-electron chi connectivity index (χ0n) is 12.4. The number of carboxylic acid groups (broad SMARTS) is 1. The van der Waals surface area contributed by atoms with Gasteiger partial charge < -0.3 is 15.3 Å². The molecule has 1 amide bonds. The highest BCUT2D eigenvalue weighted by Crippen LogP contribution is 2.33. The molecule has 1 aliphatic carbocycles. The summed E-state index contributed by atoms with van der Waals surface area (Å²) in [6, 6.07) is 3.35. The van der Waals surface area contributed by atoms with Gasteiger partial charge in [-0.2, -0.15) is 0 Å². The second-order valence-corrected chi connectivity index (χ2v) is 5.81. The Labute approximate surface area is 124 Å². The molecule has 0 aliphatic heterocycles. The van der Waals surface area contributed by atoms with E-state index in [0.717, 1.165) is 25.7 Å². The second kappa shape index (κ2) is 6.11. The third kappa shape index (κ3) is 3.71. The van der Waals surface area contributed by atoms with Gasteiger partial charge in [0.15, 0.2) is 0 Å². The maximum atomic E-state index is 12.4. The maximum Gasteiger partial charge on any atom is 0.305 e. The molecular weight excluding hydrogens is 270 g/mol. The highest BCUT2D eigenvalue weighted by atomic mass is 16.4. The lowest BCUT2D eigenvalue weighted by Crippen LogP contribution is -2.47. The van der Waals surface area contributed by atoms with E-state index in [2.05, 4.69) is 10.3 Å². The number of nitrogens with zero attached hydrogens (tertiary/aromatic N) is 2. The van der Waals surface area contributed by atoms with Crippen molar-refractivity contribution >= 4 is 17.7 Å². The number of hydrogen-bond acceptors (Lipinski definition) is 4. The van der Waals surface area contributed by atoms with Crippen LogP contribution in [0.2, 0.25) is 0 Å². The van der Waals surface area contributed by atoms with Crippen LogP contribution in [0.3, 0.4) is 0 Å². The van der Waals surface area contributed by atoms with Crippen molar-refractivity contribution in [2.75, 3.05) is 19.0 Å². The number of amides is 1. The number of pyridine rings is 1. The van der Waals surface area contributed by atoms with Crippen molar-refractivity contribution in [1.29, 1.82) is 0 Å². The van der Waals surface area contributed by atoms with Gasteiger partial charge in [-0.3, -0.25) is 9.59 Å². The standard InChI is InChI=1S/C15H21N3O3/c1-18(2)12-9-11(5-8-16-12)14(21)17-15(10-13(19)20)6-3-4-7-15/h5,8-9H,3-4,6-7,10H2,1-2H3,(H,17,21)(H,19,20). The SMILES string of the molecule is CN(C)c1cc(C(=O)NC2(CC(=O)O)CCCC2)ccn1. The second-order valence-electron chi connectivity index (χ2n) is 5.81. The highest BCUT2D eigenvalue weighted by molar-refractivity contribution is 5.95. The van der Waals surface area contributed by atoms with Crippen molar-refractivity contribution in [3.63, 3.8) is 0 Å². The van der Waals surface area contributed by atoms with Crippen molar-refractivity contribution in [3.8, 4) is 0 Å². The van der Waals surface area contributed by atoms with Gasteiger partial charge in [-0.15, -0.1) is 0 Å². The van der Waals surface area contributed by atoms with Crippen LogP contribution in [-0.2, 0) is 4.79 Å². The molecule has 1 fully saturated rings. The highest BCUT2D eigenvalue weighted by Gasteiger charge is 2.37. The summed E-state index contributed by atoms with van der Waals surface area (Å²) in [6.45, 7) is 0. The molecule has 0 bridgehead atoms. The Kier molecular flexibility index (Phi) is 4.45. The number of nitrogens with one attached hydrogen (secondary N) is 1. The van der Waals surface area contributed by atoms with Gasteiger partial charge in [0.05, 0.1) is 12.0 Å². The molecule has 2 rings (SSSR count). The summed E-state index contributed by atoms with van der Waals surface area (Å²) in [5.41, 5.74) is -0.102. The van der Waals surface area contributed by atoms with Crippen molar-refractivity contribution in [3.05, 3.63) is 23.9 Å². The molecule has 114 valence electrons. The largest absolute Gasteiger partial charge is 0.481 e. The van der Waals surface area contributed by atoms with Gasteiger partial charge in [0.2, 0.25) is 0 Å². The quantitative estimate of drug-likeness (QED) is 0.862. The molecule has 0 unspecified atom stereocenters. The Morgan fingerprint density at radius 3 is 2.62 bits per heavy atom. The number of aliphatic carboxylic acids is 1. The molecule has 6 heteroatoms. The zero-order valence-corrected chi connectivity index (χ0v) is 12.4. The predicted molar refractivity (Wildman–Crippen MR) is 79.5 cm³/mol. The van der Waals surface area contributed by atoms with Crippen LogP contribution in [-0.4, -0.2) is 41.6 Å². The predicted octanol–water partition coefficient (Wildman–Crippen LogP) is 1.66. The van der Waals surface area contributed by atoms with Gasteiger partial charge in [0.1, 0.15) is 5.82 Å². The van der Waals surface area contributed by atoms with E-state index in [-0.39, 0.29) is 12.3 Å². The molecule has 2 N–H and O–H groups in total. The molecule has 1 aliphatic rings. The summed E-state index contributed by atoms with van der Waals surface area (Å²) >= 11 is 0. The lowest BCUT2D eigenvalue weighted by atomic mass is 9.92. The van der Waals surface area contributed by atoms with Crippen molar-refractivity contribution in [2.24, 2.45) is 0 Å². The molecular formula is C15H21N3O3. The Balaban J connectivity index is 2.15. The van der Waals surface area contributed by atoms with Crippen LogP contribution in [0, 0.1) is 0 Å². The van der Waals surface area contributed by atoms with E-state index in [1.165, 1.54) is 0 Å². The van der Waals surface area contributed by atoms with Crippen molar-refractivity contribution < 1.29 is 14.7 Å². The molecule has 6 nitrogen and oxygen atoms in total. The lowest BCUT2D eigenvalue weighted by Gasteiger charge is -2.28. The summed E-state index contributed by atoms with van der Waals surface area (Å²) in [7, 11) is 3.71. The van der Waals surface area contributed by atoms with E-state index in [0.29, 0.717) is 11.4 Å². The Hall–Kier alpha value is -2.11. The van der Waals surface area contributed by atoms with Gasteiger partial charge >= 0.3 is 5.97 Å².